The van der Waals surface area contributed by atoms with Crippen LogP contribution in [0.1, 0.15) is 16.7 Å². The molecular formula is C17H14O2. The van der Waals surface area contributed by atoms with Crippen molar-refractivity contribution in [2.75, 3.05) is 0 Å². The van der Waals surface area contributed by atoms with Crippen molar-refractivity contribution in [1.82, 2.24) is 0 Å². The lowest BCUT2D eigenvalue weighted by Gasteiger charge is -2.02. The fraction of sp³-hybridized carbons (Fsp3) is 0.118. The normalized spacial score (nSPS) is 15.4. The van der Waals surface area contributed by atoms with Crippen molar-refractivity contribution in [3.8, 4) is 5.75 Å². The summed E-state index contributed by atoms with van der Waals surface area (Å²) < 4.78 is 5.23. The topological polar surface area (TPSA) is 26.3 Å². The van der Waals surface area contributed by atoms with E-state index >= 15 is 0 Å². The van der Waals surface area contributed by atoms with Crippen LogP contribution < -0.4 is 4.74 Å². The predicted octanol–water partition coefficient (Wildman–Crippen LogP) is 3.54. The molecule has 0 fully saturated rings. The molecule has 1 aliphatic heterocycles. The third-order valence-electron chi connectivity index (χ3n) is 3.39. The second-order valence-corrected chi connectivity index (χ2v) is 4.63. The van der Waals surface area contributed by atoms with E-state index in [1.165, 1.54) is 11.1 Å². The monoisotopic (exact) mass is 250 g/mol. The van der Waals surface area contributed by atoms with Crippen molar-refractivity contribution in [3.63, 3.8) is 0 Å². The molecule has 0 saturated carbocycles. The zero-order valence-corrected chi connectivity index (χ0v) is 10.7. The van der Waals surface area contributed by atoms with Crippen LogP contribution in [0.2, 0.25) is 0 Å². The molecule has 0 aliphatic carbocycles. The Bertz CT molecular complexity index is 668. The van der Waals surface area contributed by atoms with Gasteiger partial charge in [0.2, 0.25) is 0 Å². The predicted molar refractivity (Wildman–Crippen MR) is 74.9 cm³/mol. The maximum Gasteiger partial charge on any atom is 0.343 e. The second kappa shape index (κ2) is 4.73. The molecule has 0 bridgehead atoms. The molecule has 94 valence electrons. The maximum absolute atomic E-state index is 11.8. The van der Waals surface area contributed by atoms with Crippen molar-refractivity contribution >= 4 is 11.5 Å². The summed E-state index contributed by atoms with van der Waals surface area (Å²) in [5, 5.41) is 0. The van der Waals surface area contributed by atoms with Gasteiger partial charge in [-0.05, 0) is 30.5 Å². The van der Waals surface area contributed by atoms with E-state index in [0.29, 0.717) is 11.3 Å². The number of allylic oxidation sites excluding steroid dienone is 1. The lowest BCUT2D eigenvalue weighted by atomic mass is 10.0. The first-order valence-electron chi connectivity index (χ1n) is 6.32. The number of carbonyl (C=O) groups excluding carboxylic acids is 1. The molecule has 0 amide bonds. The summed E-state index contributed by atoms with van der Waals surface area (Å²) in [4.78, 5) is 11.8. The zero-order valence-electron chi connectivity index (χ0n) is 10.7. The molecule has 1 aliphatic rings. The molecule has 1 heterocycles. The van der Waals surface area contributed by atoms with Gasteiger partial charge in [-0.25, -0.2) is 4.79 Å². The minimum absolute atomic E-state index is 0.255. The summed E-state index contributed by atoms with van der Waals surface area (Å²) >= 11 is 0. The van der Waals surface area contributed by atoms with Crippen molar-refractivity contribution in [3.05, 3.63) is 71.3 Å². The van der Waals surface area contributed by atoms with E-state index in [-0.39, 0.29) is 5.97 Å². The fourth-order valence-electron chi connectivity index (χ4n) is 2.29. The molecule has 0 unspecified atom stereocenters. The van der Waals surface area contributed by atoms with Gasteiger partial charge in [-0.1, -0.05) is 48.5 Å². The number of aryl methyl sites for hydroxylation is 1. The molecule has 2 nitrogen and oxygen atoms in total. The van der Waals surface area contributed by atoms with Crippen LogP contribution in [0.25, 0.3) is 5.57 Å². The van der Waals surface area contributed by atoms with Crippen LogP contribution in [0.4, 0.5) is 0 Å². The first kappa shape index (κ1) is 11.7. The molecular weight excluding hydrogens is 236 g/mol. The third kappa shape index (κ3) is 2.17. The highest BCUT2D eigenvalue weighted by Crippen LogP contribution is 2.33. The highest BCUT2D eigenvalue weighted by Gasteiger charge is 2.25. The number of para-hydroxylation sites is 1. The molecule has 0 aromatic heterocycles. The van der Waals surface area contributed by atoms with Crippen LogP contribution in [0.15, 0.2) is 54.6 Å². The van der Waals surface area contributed by atoms with E-state index < -0.39 is 0 Å². The Balaban J connectivity index is 1.93. The second-order valence-electron chi connectivity index (χ2n) is 4.63. The molecule has 19 heavy (non-hydrogen) atoms. The van der Waals surface area contributed by atoms with Gasteiger partial charge in [-0.2, -0.15) is 0 Å². The van der Waals surface area contributed by atoms with Gasteiger partial charge >= 0.3 is 5.97 Å². The van der Waals surface area contributed by atoms with Crippen molar-refractivity contribution < 1.29 is 9.53 Å². The lowest BCUT2D eigenvalue weighted by molar-refractivity contribution is -0.126. The molecule has 3 rings (SSSR count). The average molecular weight is 250 g/mol. The Hall–Kier alpha value is -2.35. The number of hydrogen-bond donors (Lipinski definition) is 0. The molecule has 0 spiro atoms. The Morgan fingerprint density at radius 3 is 2.63 bits per heavy atom. The van der Waals surface area contributed by atoms with Gasteiger partial charge < -0.3 is 4.74 Å². The number of benzene rings is 2. The molecule has 2 aromatic rings. The number of hydrogen-bond acceptors (Lipinski definition) is 2. The minimum Gasteiger partial charge on any atom is -0.422 e. The summed E-state index contributed by atoms with van der Waals surface area (Å²) in [6.45, 7) is 2.08. The maximum atomic E-state index is 11.8. The quantitative estimate of drug-likeness (QED) is 0.463. The summed E-state index contributed by atoms with van der Waals surface area (Å²) in [5.41, 5.74) is 4.02. The zero-order chi connectivity index (χ0) is 13.2. The molecule has 0 N–H and O–H groups in total. The van der Waals surface area contributed by atoms with Crippen molar-refractivity contribution in [2.24, 2.45) is 0 Å². The Morgan fingerprint density at radius 1 is 1.05 bits per heavy atom. The van der Waals surface area contributed by atoms with Crippen LogP contribution in [-0.2, 0) is 11.2 Å². The van der Waals surface area contributed by atoms with Gasteiger partial charge in [0.05, 0.1) is 5.57 Å². The minimum atomic E-state index is -0.255. The molecule has 2 heteroatoms. The average Bonchev–Trinajstić information content (AvgIpc) is 2.74. The summed E-state index contributed by atoms with van der Waals surface area (Å²) in [5.74, 6) is 0.401. The first-order valence-corrected chi connectivity index (χ1v) is 6.32. The standard InChI is InChI=1S/C17H14O2/c1-12-6-2-3-7-13(12)10-11-15-14-8-4-5-9-16(14)19-17(15)18/h2-9,11H,10H2,1H3. The molecule has 0 atom stereocenters. The smallest absolute Gasteiger partial charge is 0.343 e. The van der Waals surface area contributed by atoms with Gasteiger partial charge in [0.1, 0.15) is 5.75 Å². The van der Waals surface area contributed by atoms with Crippen LogP contribution >= 0.6 is 0 Å². The van der Waals surface area contributed by atoms with Crippen LogP contribution in [0.3, 0.4) is 0 Å². The molecule has 0 radical (unpaired) electrons. The summed E-state index contributed by atoms with van der Waals surface area (Å²) in [6.07, 6.45) is 2.70. The Labute approximate surface area is 112 Å². The molecule has 0 saturated heterocycles. The number of rotatable bonds is 2. The van der Waals surface area contributed by atoms with Gasteiger partial charge in [0.25, 0.3) is 0 Å². The van der Waals surface area contributed by atoms with E-state index in [1.807, 2.05) is 42.5 Å². The fourth-order valence-corrected chi connectivity index (χ4v) is 2.29. The lowest BCUT2D eigenvalue weighted by Crippen LogP contribution is -2.01. The van der Waals surface area contributed by atoms with E-state index in [4.69, 9.17) is 4.74 Å². The van der Waals surface area contributed by atoms with Crippen molar-refractivity contribution in [2.45, 2.75) is 13.3 Å². The number of ether oxygens (including phenoxy) is 1. The molecule has 2 aromatic carbocycles. The number of esters is 1. The van der Waals surface area contributed by atoms with Crippen molar-refractivity contribution in [1.29, 1.82) is 0 Å². The van der Waals surface area contributed by atoms with Gasteiger partial charge in [-0.15, -0.1) is 0 Å². The van der Waals surface area contributed by atoms with Gasteiger partial charge in [0.15, 0.2) is 0 Å². The highest BCUT2D eigenvalue weighted by molar-refractivity contribution is 6.21. The van der Waals surface area contributed by atoms with Gasteiger partial charge in [0, 0.05) is 5.56 Å². The van der Waals surface area contributed by atoms with E-state index in [2.05, 4.69) is 19.1 Å². The number of carbonyl (C=O) groups is 1. The van der Waals surface area contributed by atoms with Crippen LogP contribution in [0.5, 0.6) is 5.75 Å². The highest BCUT2D eigenvalue weighted by atomic mass is 16.5. The Morgan fingerprint density at radius 2 is 1.79 bits per heavy atom. The van der Waals surface area contributed by atoms with Crippen LogP contribution in [0, 0.1) is 6.92 Å². The van der Waals surface area contributed by atoms with Gasteiger partial charge in [-0.3, -0.25) is 0 Å². The number of fused-ring (bicyclic) bond motifs is 1. The van der Waals surface area contributed by atoms with E-state index in [9.17, 15) is 4.79 Å². The largest absolute Gasteiger partial charge is 0.422 e. The van der Waals surface area contributed by atoms with E-state index in [0.717, 1.165) is 12.0 Å². The van der Waals surface area contributed by atoms with E-state index in [1.54, 1.807) is 0 Å². The Kier molecular flexibility index (Phi) is 2.92. The SMILES string of the molecule is Cc1ccccc1CC=C1C(=O)Oc2ccccc21. The first-order chi connectivity index (χ1) is 9.25. The van der Waals surface area contributed by atoms with Crippen LogP contribution in [-0.4, -0.2) is 5.97 Å². The summed E-state index contributed by atoms with van der Waals surface area (Å²) in [6, 6.07) is 15.7. The summed E-state index contributed by atoms with van der Waals surface area (Å²) in [7, 11) is 0. The third-order valence-corrected chi connectivity index (χ3v) is 3.39.